The van der Waals surface area contributed by atoms with Gasteiger partial charge in [-0.25, -0.2) is 0 Å². The Hall–Kier alpha value is -7.16. The third-order valence-electron chi connectivity index (χ3n) is 10.4. The van der Waals surface area contributed by atoms with E-state index < -0.39 is 0 Å². The van der Waals surface area contributed by atoms with Crippen LogP contribution in [0.1, 0.15) is 0 Å². The molecule has 0 aliphatic carbocycles. The van der Waals surface area contributed by atoms with Crippen LogP contribution in [0.2, 0.25) is 0 Å². The number of rotatable bonds is 7. The average Bonchev–Trinajstić information content (AvgIpc) is 3.65. The lowest BCUT2D eigenvalue weighted by Gasteiger charge is -2.29. The highest BCUT2D eigenvalue weighted by Gasteiger charge is 2.24. The molecule has 1 heterocycles. The number of furan rings is 1. The SMILES string of the molecule is c1ccc(-c2cccc(-c3ccccc3N(c3cccc(-c4ccc5ccccc5c4)c3)c3ccc(-c4ccccc4)c4oc5ccccc5c34)c2)cc1. The van der Waals surface area contributed by atoms with Crippen molar-refractivity contribution in [2.75, 3.05) is 4.90 Å². The quantitative estimate of drug-likeness (QED) is 0.166. The third kappa shape index (κ3) is 5.62. The molecule has 0 radical (unpaired) electrons. The molecule has 0 atom stereocenters. The normalized spacial score (nSPS) is 11.3. The van der Waals surface area contributed by atoms with E-state index in [1.165, 1.54) is 27.5 Å². The van der Waals surface area contributed by atoms with Crippen molar-refractivity contribution in [1.29, 1.82) is 0 Å². The van der Waals surface area contributed by atoms with E-state index in [0.717, 1.165) is 66.8 Å². The Kier molecular flexibility index (Phi) is 7.85. The molecule has 2 nitrogen and oxygen atoms in total. The van der Waals surface area contributed by atoms with Crippen molar-refractivity contribution in [3.05, 3.63) is 212 Å². The maximum absolute atomic E-state index is 6.79. The topological polar surface area (TPSA) is 16.4 Å². The van der Waals surface area contributed by atoms with Gasteiger partial charge in [0.05, 0.1) is 16.8 Å². The molecule has 0 aliphatic heterocycles. The van der Waals surface area contributed by atoms with Gasteiger partial charge in [0.15, 0.2) is 0 Å². The summed E-state index contributed by atoms with van der Waals surface area (Å²) < 4.78 is 6.79. The molecule has 0 fully saturated rings. The van der Waals surface area contributed by atoms with Gasteiger partial charge in [-0.3, -0.25) is 0 Å². The first kappa shape index (κ1) is 31.6. The highest BCUT2D eigenvalue weighted by atomic mass is 16.3. The maximum Gasteiger partial charge on any atom is 0.145 e. The molecule has 0 amide bonds. The van der Waals surface area contributed by atoms with Gasteiger partial charge in [0.25, 0.3) is 0 Å². The summed E-state index contributed by atoms with van der Waals surface area (Å²) in [6.07, 6.45) is 0. The van der Waals surface area contributed by atoms with Crippen LogP contribution >= 0.6 is 0 Å². The molecule has 0 saturated carbocycles. The molecule has 0 unspecified atom stereocenters. The van der Waals surface area contributed by atoms with Crippen LogP contribution in [-0.2, 0) is 0 Å². The molecule has 1 aromatic heterocycles. The smallest absolute Gasteiger partial charge is 0.145 e. The van der Waals surface area contributed by atoms with Crippen LogP contribution in [0.3, 0.4) is 0 Å². The summed E-state index contributed by atoms with van der Waals surface area (Å²) in [7, 11) is 0. The second-order valence-electron chi connectivity index (χ2n) is 13.7. The minimum Gasteiger partial charge on any atom is -0.455 e. The highest BCUT2D eigenvalue weighted by Crippen LogP contribution is 2.48. The largest absolute Gasteiger partial charge is 0.455 e. The summed E-state index contributed by atoms with van der Waals surface area (Å²) in [5.41, 5.74) is 14.1. The first-order valence-electron chi connectivity index (χ1n) is 18.4. The van der Waals surface area contributed by atoms with E-state index in [1.807, 2.05) is 6.07 Å². The van der Waals surface area contributed by atoms with Gasteiger partial charge in [-0.05, 0) is 92.7 Å². The van der Waals surface area contributed by atoms with Gasteiger partial charge in [-0.2, -0.15) is 0 Å². The number of anilines is 3. The second kappa shape index (κ2) is 13.4. The molecule has 0 saturated heterocycles. The Morgan fingerprint density at radius 1 is 0.333 bits per heavy atom. The van der Waals surface area contributed by atoms with E-state index in [-0.39, 0.29) is 0 Å². The summed E-state index contributed by atoms with van der Waals surface area (Å²) in [6.45, 7) is 0. The summed E-state index contributed by atoms with van der Waals surface area (Å²) in [5.74, 6) is 0. The van der Waals surface area contributed by atoms with Crippen molar-refractivity contribution < 1.29 is 4.42 Å². The molecule has 0 bridgehead atoms. The van der Waals surface area contributed by atoms with Crippen molar-refractivity contribution in [3.63, 3.8) is 0 Å². The average molecular weight is 690 g/mol. The van der Waals surface area contributed by atoms with Crippen molar-refractivity contribution >= 4 is 49.8 Å². The van der Waals surface area contributed by atoms with Crippen LogP contribution in [0.25, 0.3) is 77.2 Å². The number of fused-ring (bicyclic) bond motifs is 4. The van der Waals surface area contributed by atoms with Crippen LogP contribution in [-0.4, -0.2) is 0 Å². The van der Waals surface area contributed by atoms with Crippen LogP contribution in [0, 0.1) is 0 Å². The van der Waals surface area contributed by atoms with Gasteiger partial charge in [0.2, 0.25) is 0 Å². The number of para-hydroxylation sites is 2. The van der Waals surface area contributed by atoms with E-state index in [1.54, 1.807) is 0 Å². The molecule has 10 rings (SSSR count). The fourth-order valence-electron chi connectivity index (χ4n) is 7.85. The molecule has 10 aromatic rings. The van der Waals surface area contributed by atoms with Crippen molar-refractivity contribution in [2.24, 2.45) is 0 Å². The van der Waals surface area contributed by atoms with E-state index in [2.05, 4.69) is 211 Å². The lowest BCUT2D eigenvalue weighted by Crippen LogP contribution is -2.12. The van der Waals surface area contributed by atoms with Crippen LogP contribution in [0.5, 0.6) is 0 Å². The minimum absolute atomic E-state index is 0.867. The molecule has 0 aliphatic rings. The fourth-order valence-corrected chi connectivity index (χ4v) is 7.85. The number of nitrogens with zero attached hydrogens (tertiary/aromatic N) is 1. The van der Waals surface area contributed by atoms with Crippen molar-refractivity contribution in [2.45, 2.75) is 0 Å². The predicted molar refractivity (Wildman–Crippen MR) is 228 cm³/mol. The molecule has 0 N–H and O–H groups in total. The Balaban J connectivity index is 1.23. The lowest BCUT2D eigenvalue weighted by atomic mass is 9.95. The Bertz CT molecular complexity index is 2940. The molecular formula is C52H35NO. The zero-order valence-corrected chi connectivity index (χ0v) is 29.6. The molecule has 54 heavy (non-hydrogen) atoms. The molecule has 0 spiro atoms. The molecule has 254 valence electrons. The predicted octanol–water partition coefficient (Wildman–Crippen LogP) is 14.9. The maximum atomic E-state index is 6.79. The van der Waals surface area contributed by atoms with Gasteiger partial charge in [0.1, 0.15) is 11.2 Å². The molecule has 9 aromatic carbocycles. The number of benzene rings is 9. The van der Waals surface area contributed by atoms with Crippen LogP contribution in [0.15, 0.2) is 217 Å². The summed E-state index contributed by atoms with van der Waals surface area (Å²) in [4.78, 5) is 2.42. The third-order valence-corrected chi connectivity index (χ3v) is 10.4. The van der Waals surface area contributed by atoms with E-state index >= 15 is 0 Å². The van der Waals surface area contributed by atoms with Gasteiger partial charge < -0.3 is 9.32 Å². The van der Waals surface area contributed by atoms with E-state index in [9.17, 15) is 0 Å². The standard InChI is InChI=1S/C52H35NO/c1-3-15-36(16-4-1)40-21-13-23-43(34-40)45-25-9-11-27-48(45)53(44-24-14-22-41(35-44)42-30-29-37-17-7-8-20-39(37)33-42)49-32-31-46(38-18-5-2-6-19-38)52-51(49)47-26-10-12-28-50(47)54-52/h1-35H. The first-order valence-corrected chi connectivity index (χ1v) is 18.4. The summed E-state index contributed by atoms with van der Waals surface area (Å²) in [6, 6.07) is 75.9. The Labute approximate surface area is 314 Å². The van der Waals surface area contributed by atoms with Gasteiger partial charge >= 0.3 is 0 Å². The highest BCUT2D eigenvalue weighted by molar-refractivity contribution is 6.17. The first-order chi connectivity index (χ1) is 26.8. The van der Waals surface area contributed by atoms with E-state index in [0.29, 0.717) is 0 Å². The monoisotopic (exact) mass is 689 g/mol. The zero-order chi connectivity index (χ0) is 35.8. The minimum atomic E-state index is 0.867. The van der Waals surface area contributed by atoms with Gasteiger partial charge in [-0.1, -0.05) is 164 Å². The summed E-state index contributed by atoms with van der Waals surface area (Å²) in [5, 5.41) is 4.62. The Morgan fingerprint density at radius 3 is 1.81 bits per heavy atom. The van der Waals surface area contributed by atoms with Crippen molar-refractivity contribution in [3.8, 4) is 44.5 Å². The van der Waals surface area contributed by atoms with Crippen LogP contribution in [0.4, 0.5) is 17.1 Å². The summed E-state index contributed by atoms with van der Waals surface area (Å²) >= 11 is 0. The van der Waals surface area contributed by atoms with Crippen LogP contribution < -0.4 is 4.90 Å². The zero-order valence-electron chi connectivity index (χ0n) is 29.6. The number of hydrogen-bond acceptors (Lipinski definition) is 2. The Morgan fingerprint density at radius 2 is 0.963 bits per heavy atom. The molecular weight excluding hydrogens is 655 g/mol. The van der Waals surface area contributed by atoms with Gasteiger partial charge in [-0.15, -0.1) is 0 Å². The van der Waals surface area contributed by atoms with E-state index in [4.69, 9.17) is 4.42 Å². The lowest BCUT2D eigenvalue weighted by molar-refractivity contribution is 0.670. The number of hydrogen-bond donors (Lipinski definition) is 0. The van der Waals surface area contributed by atoms with Gasteiger partial charge in [0, 0.05) is 22.2 Å². The fraction of sp³-hybridized carbons (Fsp3) is 0. The van der Waals surface area contributed by atoms with Crippen molar-refractivity contribution in [1.82, 2.24) is 0 Å². The second-order valence-corrected chi connectivity index (χ2v) is 13.7. The molecule has 2 heteroatoms.